The molecule has 0 radical (unpaired) electrons. The second-order valence-corrected chi connectivity index (χ2v) is 8.46. The van der Waals surface area contributed by atoms with E-state index < -0.39 is 6.17 Å². The molecule has 1 saturated carbocycles. The Labute approximate surface area is 166 Å². The smallest absolute Gasteiger partial charge is 0.137 e. The molecule has 0 N–H and O–H groups in total. The highest BCUT2D eigenvalue weighted by molar-refractivity contribution is 5.20. The van der Waals surface area contributed by atoms with Crippen molar-refractivity contribution in [1.82, 2.24) is 4.98 Å². The van der Waals surface area contributed by atoms with Gasteiger partial charge in [-0.3, -0.25) is 4.98 Å². The van der Waals surface area contributed by atoms with Gasteiger partial charge in [0.05, 0.1) is 6.20 Å². The quantitative estimate of drug-likeness (QED) is 0.336. The summed E-state index contributed by atoms with van der Waals surface area (Å²) in [5.41, 5.74) is 1.13. The van der Waals surface area contributed by atoms with Crippen LogP contribution < -0.4 is 4.74 Å². The lowest BCUT2D eigenvalue weighted by Gasteiger charge is -2.28. The number of nitrogens with zero attached hydrogens (tertiary/aromatic N) is 1. The van der Waals surface area contributed by atoms with Crippen molar-refractivity contribution in [2.24, 2.45) is 11.8 Å². The molecule has 0 aromatic carbocycles. The van der Waals surface area contributed by atoms with Crippen LogP contribution in [0.3, 0.4) is 0 Å². The maximum atomic E-state index is 13.9. The summed E-state index contributed by atoms with van der Waals surface area (Å²) >= 11 is 0. The van der Waals surface area contributed by atoms with E-state index >= 15 is 0 Å². The molecule has 0 bridgehead atoms. The summed E-state index contributed by atoms with van der Waals surface area (Å²) in [4.78, 5) is 4.52. The van der Waals surface area contributed by atoms with Crippen molar-refractivity contribution in [2.75, 3.05) is 6.61 Å². The number of aromatic nitrogens is 1. The third-order valence-corrected chi connectivity index (χ3v) is 6.07. The van der Waals surface area contributed by atoms with Crippen molar-refractivity contribution < 1.29 is 9.13 Å². The number of hydrogen-bond donors (Lipinski definition) is 0. The molecule has 1 heterocycles. The number of pyridine rings is 1. The standard InChI is InChI=1S/C24H40FNO/c1-3-5-6-7-9-22(25)19-27-24-17-16-23(26-18-24)15-14-21-12-10-20(8-4-2)11-13-21/h16-18,20-22H,3-15,19H2,1-2H3. The van der Waals surface area contributed by atoms with Crippen molar-refractivity contribution in [2.45, 2.75) is 103 Å². The number of unbranched alkanes of at least 4 members (excludes halogenated alkanes) is 3. The van der Waals surface area contributed by atoms with E-state index in [9.17, 15) is 4.39 Å². The van der Waals surface area contributed by atoms with Crippen LogP contribution in [0.25, 0.3) is 0 Å². The van der Waals surface area contributed by atoms with E-state index in [1.165, 1.54) is 57.8 Å². The van der Waals surface area contributed by atoms with Crippen LogP contribution in [-0.2, 0) is 6.42 Å². The number of hydrogen-bond acceptors (Lipinski definition) is 2. The minimum Gasteiger partial charge on any atom is -0.489 e. The normalized spacial score (nSPS) is 21.1. The first kappa shape index (κ1) is 22.2. The molecule has 1 aromatic rings. The van der Waals surface area contributed by atoms with E-state index in [-0.39, 0.29) is 6.61 Å². The molecule has 3 heteroatoms. The number of halogens is 1. The Kier molecular flexibility index (Phi) is 10.8. The van der Waals surface area contributed by atoms with E-state index in [0.717, 1.165) is 36.8 Å². The first-order chi connectivity index (χ1) is 13.2. The van der Waals surface area contributed by atoms with Crippen LogP contribution in [0.5, 0.6) is 5.75 Å². The molecule has 0 spiro atoms. The van der Waals surface area contributed by atoms with Crippen LogP contribution in [0, 0.1) is 11.8 Å². The summed E-state index contributed by atoms with van der Waals surface area (Å²) in [6, 6.07) is 4.00. The molecule has 1 aliphatic carbocycles. The van der Waals surface area contributed by atoms with Gasteiger partial charge in [0.1, 0.15) is 18.5 Å². The predicted molar refractivity (Wildman–Crippen MR) is 112 cm³/mol. The van der Waals surface area contributed by atoms with Crippen molar-refractivity contribution in [3.05, 3.63) is 24.0 Å². The maximum Gasteiger partial charge on any atom is 0.137 e. The third-order valence-electron chi connectivity index (χ3n) is 6.07. The first-order valence-corrected chi connectivity index (χ1v) is 11.4. The van der Waals surface area contributed by atoms with Crippen LogP contribution in [0.2, 0.25) is 0 Å². The fourth-order valence-corrected chi connectivity index (χ4v) is 4.28. The molecule has 1 aromatic heterocycles. The summed E-state index contributed by atoms with van der Waals surface area (Å²) < 4.78 is 19.4. The predicted octanol–water partition coefficient (Wildman–Crippen LogP) is 7.31. The van der Waals surface area contributed by atoms with Gasteiger partial charge in [0, 0.05) is 5.69 Å². The Morgan fingerprint density at radius 2 is 1.74 bits per heavy atom. The Hall–Kier alpha value is -1.12. The van der Waals surface area contributed by atoms with Gasteiger partial charge < -0.3 is 4.74 Å². The molecule has 0 aliphatic heterocycles. The second kappa shape index (κ2) is 13.1. The molecule has 0 saturated heterocycles. The molecule has 1 atom stereocenters. The molecule has 1 fully saturated rings. The van der Waals surface area contributed by atoms with Gasteiger partial charge in [-0.1, -0.05) is 78.1 Å². The average Bonchev–Trinajstić information content (AvgIpc) is 2.70. The number of ether oxygens (including phenoxy) is 1. The van der Waals surface area contributed by atoms with Gasteiger partial charge >= 0.3 is 0 Å². The topological polar surface area (TPSA) is 22.1 Å². The van der Waals surface area contributed by atoms with Gasteiger partial charge in [0.15, 0.2) is 0 Å². The van der Waals surface area contributed by atoms with Gasteiger partial charge in [0.2, 0.25) is 0 Å². The van der Waals surface area contributed by atoms with E-state index in [1.807, 2.05) is 12.1 Å². The highest BCUT2D eigenvalue weighted by Gasteiger charge is 2.20. The van der Waals surface area contributed by atoms with Crippen LogP contribution >= 0.6 is 0 Å². The summed E-state index contributed by atoms with van der Waals surface area (Å²) in [6.45, 7) is 4.62. The Morgan fingerprint density at radius 1 is 1.00 bits per heavy atom. The molecule has 1 unspecified atom stereocenters. The van der Waals surface area contributed by atoms with E-state index in [2.05, 4.69) is 18.8 Å². The summed E-state index contributed by atoms with van der Waals surface area (Å²) in [6.07, 6.45) is 16.6. The summed E-state index contributed by atoms with van der Waals surface area (Å²) in [7, 11) is 0. The van der Waals surface area contributed by atoms with Crippen LogP contribution in [-0.4, -0.2) is 17.8 Å². The first-order valence-electron chi connectivity index (χ1n) is 11.4. The molecule has 2 rings (SSSR count). The zero-order valence-electron chi connectivity index (χ0n) is 17.6. The van der Waals surface area contributed by atoms with E-state index in [1.54, 1.807) is 6.20 Å². The number of rotatable bonds is 13. The molecule has 0 amide bonds. The second-order valence-electron chi connectivity index (χ2n) is 8.46. The molecular formula is C24H40FNO. The van der Waals surface area contributed by atoms with Gasteiger partial charge in [-0.15, -0.1) is 0 Å². The SMILES string of the molecule is CCCCCCC(F)COc1ccc(CCC2CCC(CCC)CC2)nc1. The van der Waals surface area contributed by atoms with Crippen molar-refractivity contribution >= 4 is 0 Å². The van der Waals surface area contributed by atoms with Gasteiger partial charge in [-0.2, -0.15) is 0 Å². The minimum absolute atomic E-state index is 0.147. The highest BCUT2D eigenvalue weighted by atomic mass is 19.1. The van der Waals surface area contributed by atoms with Gasteiger partial charge in [-0.25, -0.2) is 4.39 Å². The molecule has 27 heavy (non-hydrogen) atoms. The number of aryl methyl sites for hydroxylation is 1. The minimum atomic E-state index is -0.871. The maximum absolute atomic E-state index is 13.9. The largest absolute Gasteiger partial charge is 0.489 e. The van der Waals surface area contributed by atoms with Gasteiger partial charge in [-0.05, 0) is 43.2 Å². The summed E-state index contributed by atoms with van der Waals surface area (Å²) in [5, 5.41) is 0. The molecular weight excluding hydrogens is 337 g/mol. The molecule has 2 nitrogen and oxygen atoms in total. The lowest BCUT2D eigenvalue weighted by atomic mass is 9.78. The van der Waals surface area contributed by atoms with Gasteiger partial charge in [0.25, 0.3) is 0 Å². The number of alkyl halides is 1. The Morgan fingerprint density at radius 3 is 2.37 bits per heavy atom. The lowest BCUT2D eigenvalue weighted by molar-refractivity contribution is 0.183. The molecule has 1 aliphatic rings. The monoisotopic (exact) mass is 377 g/mol. The Bertz CT molecular complexity index is 482. The fraction of sp³-hybridized carbons (Fsp3) is 0.792. The third kappa shape index (κ3) is 9.08. The van der Waals surface area contributed by atoms with Crippen molar-refractivity contribution in [1.29, 1.82) is 0 Å². The zero-order chi connectivity index (χ0) is 19.3. The fourth-order valence-electron chi connectivity index (χ4n) is 4.28. The Balaban J connectivity index is 1.61. The lowest BCUT2D eigenvalue weighted by Crippen LogP contribution is -2.15. The summed E-state index contributed by atoms with van der Waals surface area (Å²) in [5.74, 6) is 2.54. The van der Waals surface area contributed by atoms with Crippen LogP contribution in [0.15, 0.2) is 18.3 Å². The molecule has 154 valence electrons. The average molecular weight is 378 g/mol. The highest BCUT2D eigenvalue weighted by Crippen LogP contribution is 2.33. The van der Waals surface area contributed by atoms with Crippen molar-refractivity contribution in [3.63, 3.8) is 0 Å². The van der Waals surface area contributed by atoms with Crippen molar-refractivity contribution in [3.8, 4) is 5.75 Å². The van der Waals surface area contributed by atoms with Crippen LogP contribution in [0.1, 0.15) is 96.6 Å². The van der Waals surface area contributed by atoms with E-state index in [4.69, 9.17) is 4.74 Å². The zero-order valence-corrected chi connectivity index (χ0v) is 17.6. The van der Waals surface area contributed by atoms with Crippen LogP contribution in [0.4, 0.5) is 4.39 Å². The van der Waals surface area contributed by atoms with E-state index in [0.29, 0.717) is 12.2 Å².